The fourth-order valence-electron chi connectivity index (χ4n) is 0.846. The van der Waals surface area contributed by atoms with Gasteiger partial charge in [0.1, 0.15) is 5.15 Å². The van der Waals surface area contributed by atoms with Crippen LogP contribution in [0, 0.1) is 0 Å². The van der Waals surface area contributed by atoms with Crippen molar-refractivity contribution in [1.29, 1.82) is 0 Å². The molecule has 0 radical (unpaired) electrons. The molecule has 0 aliphatic heterocycles. The second-order valence-corrected chi connectivity index (χ2v) is 4.12. The highest BCUT2D eigenvalue weighted by molar-refractivity contribution is 7.84. The molecule has 1 rings (SSSR count). The summed E-state index contributed by atoms with van der Waals surface area (Å²) >= 11 is 5.70. The van der Waals surface area contributed by atoms with Gasteiger partial charge in [-0.2, -0.15) is 0 Å². The molecule has 0 spiro atoms. The predicted octanol–water partition coefficient (Wildman–Crippen LogP) is 0.369. The zero-order valence-electron chi connectivity index (χ0n) is 7.16. The van der Waals surface area contributed by atoms with Crippen LogP contribution in [0.25, 0.3) is 0 Å². The molecule has 1 atom stereocenters. The summed E-state index contributed by atoms with van der Waals surface area (Å²) in [5, 5.41) is 0.569. The number of aromatic nitrogens is 2. The van der Waals surface area contributed by atoms with Crippen LogP contribution in [-0.4, -0.2) is 27.0 Å². The van der Waals surface area contributed by atoms with Crippen molar-refractivity contribution in [3.05, 3.63) is 16.9 Å². The molecule has 0 saturated carbocycles. The van der Waals surface area contributed by atoms with Crippen LogP contribution < -0.4 is 5.73 Å². The van der Waals surface area contributed by atoms with E-state index in [1.165, 1.54) is 6.26 Å². The molecule has 1 aromatic rings. The van der Waals surface area contributed by atoms with Crippen molar-refractivity contribution < 1.29 is 4.21 Å². The van der Waals surface area contributed by atoms with E-state index in [9.17, 15) is 4.21 Å². The molecule has 2 N–H and O–H groups in total. The first-order chi connectivity index (χ1) is 6.13. The lowest BCUT2D eigenvalue weighted by atomic mass is 10.3. The zero-order valence-corrected chi connectivity index (χ0v) is 8.73. The third-order valence-electron chi connectivity index (χ3n) is 1.39. The van der Waals surface area contributed by atoms with Crippen LogP contribution in [-0.2, 0) is 17.2 Å². The number of hydrogen-bond donors (Lipinski definition) is 1. The highest BCUT2D eigenvalue weighted by Gasteiger charge is 2.05. The predicted molar refractivity (Wildman–Crippen MR) is 52.1 cm³/mol. The van der Waals surface area contributed by atoms with E-state index in [1.807, 2.05) is 0 Å². The van der Waals surface area contributed by atoms with Crippen LogP contribution in [0.1, 0.15) is 5.69 Å². The van der Waals surface area contributed by atoms with E-state index in [-0.39, 0.29) is 5.16 Å². The van der Waals surface area contributed by atoms with E-state index < -0.39 is 10.8 Å². The van der Waals surface area contributed by atoms with Gasteiger partial charge in [0.2, 0.25) is 5.16 Å². The average molecular weight is 220 g/mol. The molecule has 4 nitrogen and oxygen atoms in total. The quantitative estimate of drug-likeness (QED) is 0.589. The first kappa shape index (κ1) is 10.6. The van der Waals surface area contributed by atoms with Crippen LogP contribution >= 0.6 is 11.6 Å². The maximum absolute atomic E-state index is 11.1. The maximum Gasteiger partial charge on any atom is 0.219 e. The zero-order chi connectivity index (χ0) is 9.84. The summed E-state index contributed by atoms with van der Waals surface area (Å²) in [4.78, 5) is 7.88. The lowest BCUT2D eigenvalue weighted by Crippen LogP contribution is -2.07. The summed E-state index contributed by atoms with van der Waals surface area (Å²) in [6.07, 6.45) is 2.13. The Hall–Kier alpha value is -0.520. The molecule has 0 unspecified atom stereocenters. The molecular formula is C7H10ClN3OS. The average Bonchev–Trinajstić information content (AvgIpc) is 2.03. The molecule has 0 aliphatic rings. The number of nitrogens with zero attached hydrogens (tertiary/aromatic N) is 2. The van der Waals surface area contributed by atoms with Gasteiger partial charge in [0, 0.05) is 18.4 Å². The highest BCUT2D eigenvalue weighted by atomic mass is 35.5. The Kier molecular flexibility index (Phi) is 3.77. The lowest BCUT2D eigenvalue weighted by Gasteiger charge is -2.00. The third-order valence-corrected chi connectivity index (χ3v) is 2.28. The second-order valence-electron chi connectivity index (χ2n) is 2.46. The molecule has 13 heavy (non-hydrogen) atoms. The highest BCUT2D eigenvalue weighted by Crippen LogP contribution is 2.09. The summed E-state index contributed by atoms with van der Waals surface area (Å²) in [5.41, 5.74) is 6.09. The Bertz CT molecular complexity index is 332. The Balaban J connectivity index is 3.03. The monoisotopic (exact) mass is 219 g/mol. The summed E-state index contributed by atoms with van der Waals surface area (Å²) in [5.74, 6) is 0. The van der Waals surface area contributed by atoms with E-state index in [1.54, 1.807) is 6.07 Å². The van der Waals surface area contributed by atoms with E-state index in [4.69, 9.17) is 17.3 Å². The minimum atomic E-state index is -1.20. The van der Waals surface area contributed by atoms with Gasteiger partial charge in [-0.3, -0.25) is 4.21 Å². The van der Waals surface area contributed by atoms with Crippen LogP contribution in [0.4, 0.5) is 0 Å². The molecule has 0 saturated heterocycles. The Morgan fingerprint density at radius 3 is 2.85 bits per heavy atom. The van der Waals surface area contributed by atoms with Gasteiger partial charge in [-0.05, 0) is 12.6 Å². The Morgan fingerprint density at radius 1 is 1.62 bits per heavy atom. The van der Waals surface area contributed by atoms with Crippen molar-refractivity contribution in [3.63, 3.8) is 0 Å². The van der Waals surface area contributed by atoms with Gasteiger partial charge in [-0.25, -0.2) is 9.97 Å². The number of hydrogen-bond acceptors (Lipinski definition) is 4. The summed E-state index contributed by atoms with van der Waals surface area (Å²) in [6.45, 7) is 0.489. The van der Waals surface area contributed by atoms with Gasteiger partial charge in [0.15, 0.2) is 0 Å². The van der Waals surface area contributed by atoms with Crippen molar-refractivity contribution in [2.75, 3.05) is 12.8 Å². The van der Waals surface area contributed by atoms with Crippen LogP contribution in [0.3, 0.4) is 0 Å². The smallest absolute Gasteiger partial charge is 0.219 e. The first-order valence-electron chi connectivity index (χ1n) is 3.70. The van der Waals surface area contributed by atoms with Crippen molar-refractivity contribution >= 4 is 22.4 Å². The molecule has 0 bridgehead atoms. The minimum Gasteiger partial charge on any atom is -0.330 e. The van der Waals surface area contributed by atoms with Gasteiger partial charge in [-0.15, -0.1) is 0 Å². The Morgan fingerprint density at radius 2 is 2.31 bits per heavy atom. The molecule has 72 valence electrons. The largest absolute Gasteiger partial charge is 0.330 e. The molecule has 0 aliphatic carbocycles. The normalized spacial score (nSPS) is 12.8. The molecule has 1 aromatic heterocycles. The number of halogens is 1. The van der Waals surface area contributed by atoms with Gasteiger partial charge in [-0.1, -0.05) is 11.6 Å². The van der Waals surface area contributed by atoms with Crippen molar-refractivity contribution in [3.8, 4) is 0 Å². The standard InChI is InChI=1S/C7H10ClN3OS/c1-13(12)7-10-5(2-3-9)4-6(8)11-7/h4H,2-3,9H2,1H3/t13-/m0/s1. The third kappa shape index (κ3) is 3.02. The lowest BCUT2D eigenvalue weighted by molar-refractivity contribution is 0.677. The van der Waals surface area contributed by atoms with Gasteiger partial charge < -0.3 is 5.73 Å². The van der Waals surface area contributed by atoms with E-state index in [0.29, 0.717) is 18.1 Å². The van der Waals surface area contributed by atoms with Gasteiger partial charge in [0.05, 0.1) is 10.8 Å². The molecular weight excluding hydrogens is 210 g/mol. The van der Waals surface area contributed by atoms with Crippen LogP contribution in [0.2, 0.25) is 5.15 Å². The SMILES string of the molecule is C[S@](=O)c1nc(Cl)cc(CCN)n1. The molecule has 0 fully saturated rings. The van der Waals surface area contributed by atoms with Crippen molar-refractivity contribution in [2.24, 2.45) is 5.73 Å². The van der Waals surface area contributed by atoms with Crippen LogP contribution in [0.15, 0.2) is 11.2 Å². The topological polar surface area (TPSA) is 68.9 Å². The second kappa shape index (κ2) is 4.64. The molecule has 6 heteroatoms. The number of rotatable bonds is 3. The summed E-state index contributed by atoms with van der Waals surface area (Å²) in [6, 6.07) is 1.63. The Labute approximate surface area is 84.0 Å². The van der Waals surface area contributed by atoms with E-state index in [2.05, 4.69) is 9.97 Å². The van der Waals surface area contributed by atoms with Gasteiger partial charge in [0.25, 0.3) is 0 Å². The number of nitrogens with two attached hydrogens (primary N) is 1. The maximum atomic E-state index is 11.1. The minimum absolute atomic E-state index is 0.260. The fourth-order valence-corrected chi connectivity index (χ4v) is 1.57. The first-order valence-corrected chi connectivity index (χ1v) is 5.64. The summed E-state index contributed by atoms with van der Waals surface area (Å²) < 4.78 is 11.1. The van der Waals surface area contributed by atoms with Gasteiger partial charge >= 0.3 is 0 Å². The molecule has 0 aromatic carbocycles. The van der Waals surface area contributed by atoms with Crippen molar-refractivity contribution in [1.82, 2.24) is 9.97 Å². The summed E-state index contributed by atoms with van der Waals surface area (Å²) in [7, 11) is -1.20. The van der Waals surface area contributed by atoms with E-state index >= 15 is 0 Å². The molecule has 0 amide bonds. The van der Waals surface area contributed by atoms with Crippen molar-refractivity contribution in [2.45, 2.75) is 11.6 Å². The van der Waals surface area contributed by atoms with Crippen LogP contribution in [0.5, 0.6) is 0 Å². The fraction of sp³-hybridized carbons (Fsp3) is 0.429. The molecule has 1 heterocycles. The van der Waals surface area contributed by atoms with E-state index in [0.717, 1.165) is 5.69 Å².